The summed E-state index contributed by atoms with van der Waals surface area (Å²) in [5, 5.41) is 2.85. The summed E-state index contributed by atoms with van der Waals surface area (Å²) in [5.41, 5.74) is 0. The number of piperazine rings is 1. The molecule has 0 spiro atoms. The highest BCUT2D eigenvalue weighted by atomic mass is 16.5. The van der Waals surface area contributed by atoms with Crippen molar-refractivity contribution in [2.75, 3.05) is 19.8 Å². The predicted molar refractivity (Wildman–Crippen MR) is 78.3 cm³/mol. The van der Waals surface area contributed by atoms with Crippen molar-refractivity contribution in [3.8, 4) is 0 Å². The van der Waals surface area contributed by atoms with Crippen LogP contribution >= 0.6 is 0 Å². The molecule has 1 saturated heterocycles. The monoisotopic (exact) mass is 284 g/mol. The lowest BCUT2D eigenvalue weighted by Crippen LogP contribution is -2.65. The largest absolute Gasteiger partial charge is 0.382 e. The highest BCUT2D eigenvalue weighted by Crippen LogP contribution is 2.21. The Kier molecular flexibility index (Phi) is 6.99. The van der Waals surface area contributed by atoms with Gasteiger partial charge in [0.25, 0.3) is 0 Å². The van der Waals surface area contributed by atoms with Gasteiger partial charge in [0.05, 0.1) is 0 Å². The summed E-state index contributed by atoms with van der Waals surface area (Å²) >= 11 is 0. The molecule has 2 amide bonds. The van der Waals surface area contributed by atoms with Crippen LogP contribution in [0, 0.1) is 5.92 Å². The van der Waals surface area contributed by atoms with Crippen LogP contribution in [0.4, 0.5) is 0 Å². The second-order valence-electron chi connectivity index (χ2n) is 5.38. The summed E-state index contributed by atoms with van der Waals surface area (Å²) < 4.78 is 5.32. The molecule has 116 valence electrons. The van der Waals surface area contributed by atoms with Crippen LogP contribution in [0.2, 0.25) is 0 Å². The van der Waals surface area contributed by atoms with E-state index in [4.69, 9.17) is 4.74 Å². The van der Waals surface area contributed by atoms with Crippen LogP contribution in [0.1, 0.15) is 47.0 Å². The van der Waals surface area contributed by atoms with Crippen LogP contribution in [0.3, 0.4) is 0 Å². The zero-order valence-electron chi connectivity index (χ0n) is 13.1. The van der Waals surface area contributed by atoms with Crippen molar-refractivity contribution < 1.29 is 14.3 Å². The fourth-order valence-corrected chi connectivity index (χ4v) is 2.59. The molecule has 0 aliphatic carbocycles. The molecule has 3 atom stereocenters. The van der Waals surface area contributed by atoms with Crippen LogP contribution in [-0.4, -0.2) is 48.6 Å². The predicted octanol–water partition coefficient (Wildman–Crippen LogP) is 1.56. The van der Waals surface area contributed by atoms with Gasteiger partial charge in [-0.2, -0.15) is 0 Å². The van der Waals surface area contributed by atoms with Crippen LogP contribution in [0.5, 0.6) is 0 Å². The second kappa shape index (κ2) is 8.25. The minimum Gasteiger partial charge on any atom is -0.382 e. The molecule has 0 aromatic rings. The number of ether oxygens (including phenoxy) is 1. The first kappa shape index (κ1) is 17.0. The highest BCUT2D eigenvalue weighted by Gasteiger charge is 2.41. The van der Waals surface area contributed by atoms with Crippen molar-refractivity contribution in [3.05, 3.63) is 0 Å². The maximum Gasteiger partial charge on any atom is 0.245 e. The summed E-state index contributed by atoms with van der Waals surface area (Å²) in [5.74, 6) is 0.208. The van der Waals surface area contributed by atoms with Gasteiger partial charge in [-0.15, -0.1) is 0 Å². The van der Waals surface area contributed by atoms with Gasteiger partial charge in [-0.25, -0.2) is 0 Å². The molecule has 0 aromatic carbocycles. The zero-order valence-corrected chi connectivity index (χ0v) is 13.1. The van der Waals surface area contributed by atoms with Crippen molar-refractivity contribution in [2.45, 2.75) is 59.0 Å². The zero-order chi connectivity index (χ0) is 15.1. The Morgan fingerprint density at radius 3 is 2.55 bits per heavy atom. The number of carbonyl (C=O) groups excluding carboxylic acids is 2. The smallest absolute Gasteiger partial charge is 0.245 e. The summed E-state index contributed by atoms with van der Waals surface area (Å²) in [6, 6.07) is -0.702. The first-order valence-electron chi connectivity index (χ1n) is 7.75. The molecular formula is C15H28N2O3. The Bertz CT molecular complexity index is 333. The average molecular weight is 284 g/mol. The summed E-state index contributed by atoms with van der Waals surface area (Å²) in [6.07, 6.45) is 2.29. The van der Waals surface area contributed by atoms with Crippen molar-refractivity contribution in [1.29, 1.82) is 0 Å². The molecule has 1 fully saturated rings. The molecule has 1 heterocycles. The first-order valence-corrected chi connectivity index (χ1v) is 7.75. The van der Waals surface area contributed by atoms with E-state index >= 15 is 0 Å². The average Bonchev–Trinajstić information content (AvgIpc) is 2.45. The van der Waals surface area contributed by atoms with Gasteiger partial charge in [0, 0.05) is 19.8 Å². The lowest BCUT2D eigenvalue weighted by molar-refractivity contribution is -0.151. The Labute approximate surface area is 122 Å². The molecule has 1 aliphatic rings. The van der Waals surface area contributed by atoms with Gasteiger partial charge in [0.1, 0.15) is 12.1 Å². The fraction of sp³-hybridized carbons (Fsp3) is 0.867. The van der Waals surface area contributed by atoms with Gasteiger partial charge >= 0.3 is 0 Å². The number of amides is 2. The SMILES string of the molecule is CCOCCCN1C(=O)C(CC)NC(=O)C1C(C)CC. The number of hydrogen-bond donors (Lipinski definition) is 1. The third kappa shape index (κ3) is 3.95. The maximum absolute atomic E-state index is 12.5. The van der Waals surface area contributed by atoms with Crippen LogP contribution in [0.15, 0.2) is 0 Å². The highest BCUT2D eigenvalue weighted by molar-refractivity contribution is 5.97. The van der Waals surface area contributed by atoms with E-state index in [-0.39, 0.29) is 29.8 Å². The van der Waals surface area contributed by atoms with Gasteiger partial charge < -0.3 is 15.0 Å². The molecule has 1 N–H and O–H groups in total. The van der Waals surface area contributed by atoms with Crippen LogP contribution in [0.25, 0.3) is 0 Å². The lowest BCUT2D eigenvalue weighted by atomic mass is 9.92. The van der Waals surface area contributed by atoms with Gasteiger partial charge in [0.15, 0.2) is 0 Å². The van der Waals surface area contributed by atoms with Crippen molar-refractivity contribution in [2.24, 2.45) is 5.92 Å². The number of nitrogens with one attached hydrogen (secondary N) is 1. The Balaban J connectivity index is 2.77. The fourth-order valence-electron chi connectivity index (χ4n) is 2.59. The minimum absolute atomic E-state index is 0.0118. The van der Waals surface area contributed by atoms with Gasteiger partial charge in [-0.05, 0) is 25.7 Å². The van der Waals surface area contributed by atoms with E-state index in [0.717, 1.165) is 12.8 Å². The van der Waals surface area contributed by atoms with Crippen molar-refractivity contribution >= 4 is 11.8 Å². The molecule has 0 bridgehead atoms. The Hall–Kier alpha value is -1.10. The summed E-state index contributed by atoms with van der Waals surface area (Å²) in [7, 11) is 0. The van der Waals surface area contributed by atoms with E-state index in [1.54, 1.807) is 4.90 Å². The van der Waals surface area contributed by atoms with E-state index in [0.29, 0.717) is 26.2 Å². The maximum atomic E-state index is 12.5. The van der Waals surface area contributed by atoms with Crippen molar-refractivity contribution in [3.63, 3.8) is 0 Å². The number of hydrogen-bond acceptors (Lipinski definition) is 3. The van der Waals surface area contributed by atoms with E-state index in [2.05, 4.69) is 5.32 Å². The molecule has 0 aromatic heterocycles. The molecule has 5 nitrogen and oxygen atoms in total. The quantitative estimate of drug-likeness (QED) is 0.688. The first-order chi connectivity index (χ1) is 9.56. The molecule has 20 heavy (non-hydrogen) atoms. The number of rotatable bonds is 8. The topological polar surface area (TPSA) is 58.6 Å². The Morgan fingerprint density at radius 2 is 2.00 bits per heavy atom. The third-order valence-electron chi connectivity index (χ3n) is 3.99. The van der Waals surface area contributed by atoms with E-state index in [9.17, 15) is 9.59 Å². The molecule has 1 rings (SSSR count). The molecule has 0 saturated carbocycles. The standard InChI is InChI=1S/C15H28N2O3/c1-5-11(4)13-14(18)16-12(6-2)15(19)17(13)9-8-10-20-7-3/h11-13H,5-10H2,1-4H3,(H,16,18). The van der Waals surface area contributed by atoms with E-state index in [1.807, 2.05) is 27.7 Å². The third-order valence-corrected chi connectivity index (χ3v) is 3.99. The van der Waals surface area contributed by atoms with Crippen LogP contribution in [-0.2, 0) is 14.3 Å². The van der Waals surface area contributed by atoms with E-state index in [1.165, 1.54) is 0 Å². The van der Waals surface area contributed by atoms with Gasteiger partial charge in [0.2, 0.25) is 11.8 Å². The molecule has 0 radical (unpaired) electrons. The van der Waals surface area contributed by atoms with Gasteiger partial charge in [-0.1, -0.05) is 27.2 Å². The summed E-state index contributed by atoms with van der Waals surface area (Å²) in [6.45, 7) is 9.86. The molecule has 1 aliphatic heterocycles. The molecular weight excluding hydrogens is 256 g/mol. The number of nitrogens with zero attached hydrogens (tertiary/aromatic N) is 1. The Morgan fingerprint density at radius 1 is 1.30 bits per heavy atom. The van der Waals surface area contributed by atoms with Gasteiger partial charge in [-0.3, -0.25) is 9.59 Å². The minimum atomic E-state index is -0.366. The molecule has 3 unspecified atom stereocenters. The van der Waals surface area contributed by atoms with Crippen molar-refractivity contribution in [1.82, 2.24) is 10.2 Å². The number of carbonyl (C=O) groups is 2. The second-order valence-corrected chi connectivity index (χ2v) is 5.38. The summed E-state index contributed by atoms with van der Waals surface area (Å²) in [4.78, 5) is 26.5. The normalized spacial score (nSPS) is 24.7. The van der Waals surface area contributed by atoms with Crippen LogP contribution < -0.4 is 5.32 Å². The lowest BCUT2D eigenvalue weighted by Gasteiger charge is -2.41. The molecule has 5 heteroatoms. The van der Waals surface area contributed by atoms with E-state index < -0.39 is 0 Å².